The molecule has 2 aliphatic rings. The average Bonchev–Trinajstić information content (AvgIpc) is 2.74. The van der Waals surface area contributed by atoms with E-state index in [1.165, 1.54) is 11.1 Å². The number of carbonyl (C=O) groups is 1. The maximum Gasteiger partial charge on any atom is 0.239 e. The summed E-state index contributed by atoms with van der Waals surface area (Å²) in [6.45, 7) is 2.10. The predicted molar refractivity (Wildman–Crippen MR) is 72.8 cm³/mol. The summed E-state index contributed by atoms with van der Waals surface area (Å²) in [5.41, 5.74) is 2.72. The molecule has 1 saturated heterocycles. The van der Waals surface area contributed by atoms with E-state index in [-0.39, 0.29) is 18.1 Å². The number of nitrogens with one attached hydrogen (secondary N) is 1. The first-order valence-corrected chi connectivity index (χ1v) is 7.01. The third-order valence-electron chi connectivity index (χ3n) is 4.14. The lowest BCUT2D eigenvalue weighted by Gasteiger charge is -2.23. The summed E-state index contributed by atoms with van der Waals surface area (Å²) < 4.78 is 0. The Bertz CT molecular complexity index is 448. The molecule has 0 spiro atoms. The second kappa shape index (κ2) is 5.31. The SMILES string of the molecule is O=C([C@@H]1C[C@@H](O)CN1)N1CCc2ccccc2CC1. The maximum atomic E-state index is 12.4. The summed E-state index contributed by atoms with van der Waals surface area (Å²) >= 11 is 0. The standard InChI is InChI=1S/C15H20N2O2/c18-13-9-14(16-10-13)15(19)17-7-5-11-3-1-2-4-12(11)6-8-17/h1-4,13-14,16,18H,5-10H2/t13-,14+/m1/s1. The van der Waals surface area contributed by atoms with Gasteiger partial charge in [-0.25, -0.2) is 0 Å². The third kappa shape index (κ3) is 2.65. The number of β-amino-alcohol motifs (C(OH)–C–C–N with tert-alkyl or cyclic N) is 1. The fraction of sp³-hybridized carbons (Fsp3) is 0.533. The van der Waals surface area contributed by atoms with Crippen LogP contribution < -0.4 is 5.32 Å². The summed E-state index contributed by atoms with van der Waals surface area (Å²) in [5.74, 6) is 0.143. The number of rotatable bonds is 1. The van der Waals surface area contributed by atoms with Crippen LogP contribution in [0.1, 0.15) is 17.5 Å². The van der Waals surface area contributed by atoms with Crippen LogP contribution in [0.5, 0.6) is 0 Å². The van der Waals surface area contributed by atoms with Gasteiger partial charge in [0.2, 0.25) is 5.91 Å². The monoisotopic (exact) mass is 260 g/mol. The smallest absolute Gasteiger partial charge is 0.239 e. The molecule has 0 aliphatic carbocycles. The van der Waals surface area contributed by atoms with Gasteiger partial charge in [-0.15, -0.1) is 0 Å². The van der Waals surface area contributed by atoms with Crippen molar-refractivity contribution in [2.75, 3.05) is 19.6 Å². The molecule has 4 nitrogen and oxygen atoms in total. The largest absolute Gasteiger partial charge is 0.392 e. The van der Waals surface area contributed by atoms with Crippen molar-refractivity contribution in [2.45, 2.75) is 31.4 Å². The molecule has 0 unspecified atom stereocenters. The molecule has 0 bridgehead atoms. The van der Waals surface area contributed by atoms with Crippen LogP contribution in [0.2, 0.25) is 0 Å². The number of fused-ring (bicyclic) bond motifs is 1. The number of hydrogen-bond donors (Lipinski definition) is 2. The quantitative estimate of drug-likeness (QED) is 0.765. The first-order chi connectivity index (χ1) is 9.24. The van der Waals surface area contributed by atoms with Gasteiger partial charge in [0, 0.05) is 19.6 Å². The number of aliphatic hydroxyl groups is 1. The van der Waals surface area contributed by atoms with E-state index < -0.39 is 0 Å². The molecule has 3 rings (SSSR count). The van der Waals surface area contributed by atoms with Crippen molar-refractivity contribution in [3.05, 3.63) is 35.4 Å². The van der Waals surface area contributed by atoms with E-state index in [0.717, 1.165) is 25.9 Å². The molecule has 1 amide bonds. The molecule has 2 atom stereocenters. The molecule has 0 aromatic heterocycles. The minimum atomic E-state index is -0.377. The van der Waals surface area contributed by atoms with Crippen molar-refractivity contribution in [3.8, 4) is 0 Å². The van der Waals surface area contributed by atoms with Crippen LogP contribution in [-0.4, -0.2) is 47.7 Å². The lowest BCUT2D eigenvalue weighted by atomic mass is 10.0. The highest BCUT2D eigenvalue weighted by Crippen LogP contribution is 2.17. The van der Waals surface area contributed by atoms with Gasteiger partial charge in [-0.2, -0.15) is 0 Å². The molecular weight excluding hydrogens is 240 g/mol. The van der Waals surface area contributed by atoms with Gasteiger partial charge in [-0.05, 0) is 30.4 Å². The highest BCUT2D eigenvalue weighted by molar-refractivity contribution is 5.82. The molecule has 2 heterocycles. The van der Waals surface area contributed by atoms with E-state index in [1.54, 1.807) is 0 Å². The van der Waals surface area contributed by atoms with Crippen LogP contribution in [-0.2, 0) is 17.6 Å². The first-order valence-electron chi connectivity index (χ1n) is 7.01. The zero-order chi connectivity index (χ0) is 13.2. The van der Waals surface area contributed by atoms with Gasteiger partial charge in [-0.1, -0.05) is 24.3 Å². The van der Waals surface area contributed by atoms with Gasteiger partial charge in [0.15, 0.2) is 0 Å². The van der Waals surface area contributed by atoms with Crippen molar-refractivity contribution in [2.24, 2.45) is 0 Å². The minimum absolute atomic E-state index is 0.143. The van der Waals surface area contributed by atoms with Crippen LogP contribution in [0.25, 0.3) is 0 Å². The second-order valence-corrected chi connectivity index (χ2v) is 5.44. The Morgan fingerprint density at radius 1 is 1.21 bits per heavy atom. The Hall–Kier alpha value is -1.39. The fourth-order valence-electron chi connectivity index (χ4n) is 3.01. The van der Waals surface area contributed by atoms with E-state index >= 15 is 0 Å². The summed E-state index contributed by atoms with van der Waals surface area (Å²) in [6, 6.07) is 8.23. The van der Waals surface area contributed by atoms with Crippen molar-refractivity contribution < 1.29 is 9.90 Å². The summed E-state index contributed by atoms with van der Waals surface area (Å²) in [7, 11) is 0. The third-order valence-corrected chi connectivity index (χ3v) is 4.14. The van der Waals surface area contributed by atoms with E-state index in [4.69, 9.17) is 0 Å². The van der Waals surface area contributed by atoms with E-state index in [2.05, 4.69) is 29.6 Å². The predicted octanol–water partition coefficient (Wildman–Crippen LogP) is 0.337. The second-order valence-electron chi connectivity index (χ2n) is 5.44. The number of aliphatic hydroxyl groups excluding tert-OH is 1. The van der Waals surface area contributed by atoms with Crippen molar-refractivity contribution >= 4 is 5.91 Å². The zero-order valence-corrected chi connectivity index (χ0v) is 11.0. The molecule has 2 N–H and O–H groups in total. The number of nitrogens with zero attached hydrogens (tertiary/aromatic N) is 1. The lowest BCUT2D eigenvalue weighted by molar-refractivity contribution is -0.133. The van der Waals surface area contributed by atoms with Gasteiger partial charge < -0.3 is 15.3 Å². The Labute approximate surface area is 113 Å². The average molecular weight is 260 g/mol. The molecule has 0 radical (unpaired) electrons. The first kappa shape index (κ1) is 12.6. The Kier molecular flexibility index (Phi) is 3.53. The fourth-order valence-corrected chi connectivity index (χ4v) is 3.01. The molecular formula is C15H20N2O2. The highest BCUT2D eigenvalue weighted by Gasteiger charge is 2.31. The normalized spacial score (nSPS) is 26.9. The van der Waals surface area contributed by atoms with Gasteiger partial charge in [0.25, 0.3) is 0 Å². The Morgan fingerprint density at radius 3 is 2.37 bits per heavy atom. The van der Waals surface area contributed by atoms with Crippen LogP contribution in [0.15, 0.2) is 24.3 Å². The van der Waals surface area contributed by atoms with Gasteiger partial charge in [0.05, 0.1) is 12.1 Å². The number of hydrogen-bond acceptors (Lipinski definition) is 3. The molecule has 0 saturated carbocycles. The van der Waals surface area contributed by atoms with Crippen molar-refractivity contribution in [1.29, 1.82) is 0 Å². The molecule has 1 aromatic rings. The van der Waals surface area contributed by atoms with Crippen LogP contribution in [0.4, 0.5) is 0 Å². The summed E-state index contributed by atoms with van der Waals surface area (Å²) in [6.07, 6.45) is 2.02. The van der Waals surface area contributed by atoms with Crippen molar-refractivity contribution in [1.82, 2.24) is 10.2 Å². The van der Waals surface area contributed by atoms with Gasteiger partial charge in [0.1, 0.15) is 0 Å². The zero-order valence-electron chi connectivity index (χ0n) is 11.0. The minimum Gasteiger partial charge on any atom is -0.392 e. The molecule has 1 aromatic carbocycles. The molecule has 19 heavy (non-hydrogen) atoms. The topological polar surface area (TPSA) is 52.6 Å². The van der Waals surface area contributed by atoms with Crippen LogP contribution in [0.3, 0.4) is 0 Å². The van der Waals surface area contributed by atoms with Crippen molar-refractivity contribution in [3.63, 3.8) is 0 Å². The van der Waals surface area contributed by atoms with Gasteiger partial charge >= 0.3 is 0 Å². The van der Waals surface area contributed by atoms with E-state index in [1.807, 2.05) is 4.90 Å². The van der Waals surface area contributed by atoms with Crippen LogP contribution in [0, 0.1) is 0 Å². The number of amides is 1. The molecule has 4 heteroatoms. The lowest BCUT2D eigenvalue weighted by Crippen LogP contribution is -2.44. The van der Waals surface area contributed by atoms with E-state index in [9.17, 15) is 9.90 Å². The maximum absolute atomic E-state index is 12.4. The molecule has 1 fully saturated rings. The number of carbonyl (C=O) groups excluding carboxylic acids is 1. The number of benzene rings is 1. The van der Waals surface area contributed by atoms with Gasteiger partial charge in [-0.3, -0.25) is 4.79 Å². The Morgan fingerprint density at radius 2 is 1.84 bits per heavy atom. The summed E-state index contributed by atoms with van der Waals surface area (Å²) in [4.78, 5) is 14.3. The highest BCUT2D eigenvalue weighted by atomic mass is 16.3. The summed E-state index contributed by atoms with van der Waals surface area (Å²) in [5, 5.41) is 12.6. The molecule has 2 aliphatic heterocycles. The molecule has 102 valence electrons. The van der Waals surface area contributed by atoms with E-state index in [0.29, 0.717) is 13.0 Å². The Balaban J connectivity index is 1.67. The van der Waals surface area contributed by atoms with Crippen LogP contribution >= 0.6 is 0 Å².